The molecule has 1 aromatic rings. The van der Waals surface area contributed by atoms with Crippen LogP contribution in [0.3, 0.4) is 0 Å². The van der Waals surface area contributed by atoms with Crippen LogP contribution in [0, 0.1) is 0 Å². The van der Waals surface area contributed by atoms with E-state index in [0.717, 1.165) is 0 Å². The second-order valence-corrected chi connectivity index (χ2v) is 4.23. The minimum Gasteiger partial charge on any atom is -0.432 e. The molecular weight excluding hydrogens is 273 g/mol. The number of rotatable bonds is 3. The van der Waals surface area contributed by atoms with Crippen LogP contribution >= 0.6 is 0 Å². The van der Waals surface area contributed by atoms with Crippen LogP contribution in [0.1, 0.15) is 25.0 Å². The van der Waals surface area contributed by atoms with Crippen molar-refractivity contribution in [2.24, 2.45) is 0 Å². The maximum Gasteiger partial charge on any atom is 0.416 e. The number of benzene rings is 1. The normalized spacial score (nSPS) is 12.9. The van der Waals surface area contributed by atoms with Gasteiger partial charge >= 0.3 is 19.8 Å². The van der Waals surface area contributed by atoms with Crippen molar-refractivity contribution < 1.29 is 31.0 Å². The van der Waals surface area contributed by atoms with E-state index in [1.54, 1.807) is 13.8 Å². The van der Waals surface area contributed by atoms with Crippen molar-refractivity contribution in [2.45, 2.75) is 32.3 Å². The van der Waals surface area contributed by atoms with E-state index in [0.29, 0.717) is 18.2 Å². The highest BCUT2D eigenvalue weighted by Crippen LogP contribution is 2.32. The topological polar surface area (TPSA) is 9.23 Å². The lowest BCUT2D eigenvalue weighted by atomic mass is 9.82. The zero-order chi connectivity index (χ0) is 14.8. The lowest BCUT2D eigenvalue weighted by Gasteiger charge is -2.16. The van der Waals surface area contributed by atoms with Gasteiger partial charge in [0.25, 0.3) is 0 Å². The van der Waals surface area contributed by atoms with Gasteiger partial charge in [0.15, 0.2) is 0 Å². The summed E-state index contributed by atoms with van der Waals surface area (Å²) in [6, 6.07) is 1.33. The molecule has 0 unspecified atom stereocenters. The zero-order valence-electron chi connectivity index (χ0n) is 10.2. The Morgan fingerprint density at radius 2 is 1.58 bits per heavy atom. The smallest absolute Gasteiger partial charge is 0.416 e. The average molecular weight is 284 g/mol. The van der Waals surface area contributed by atoms with Crippen molar-refractivity contribution in [3.05, 3.63) is 29.3 Å². The van der Waals surface area contributed by atoms with Crippen molar-refractivity contribution in [1.82, 2.24) is 0 Å². The molecule has 0 atom stereocenters. The lowest BCUT2D eigenvalue weighted by molar-refractivity contribution is -0.140. The van der Waals surface area contributed by atoms with Gasteiger partial charge in [-0.3, -0.25) is 0 Å². The highest BCUT2D eigenvalue weighted by Gasteiger charge is 2.37. The average Bonchev–Trinajstić information content (AvgIpc) is 2.23. The summed E-state index contributed by atoms with van der Waals surface area (Å²) in [7, 11) is -0.517. The van der Waals surface area contributed by atoms with Crippen molar-refractivity contribution in [1.29, 1.82) is 0 Å². The molecule has 0 amide bonds. The third-order valence-corrected chi connectivity index (χ3v) is 2.31. The van der Waals surface area contributed by atoms with Gasteiger partial charge < -0.3 is 4.65 Å². The first-order chi connectivity index (χ1) is 8.51. The van der Waals surface area contributed by atoms with Crippen LogP contribution in [0.5, 0.6) is 0 Å². The van der Waals surface area contributed by atoms with Crippen molar-refractivity contribution in [2.75, 3.05) is 0 Å². The van der Waals surface area contributed by atoms with Gasteiger partial charge in [-0.15, -0.1) is 0 Å². The molecule has 0 aromatic heterocycles. The summed E-state index contributed by atoms with van der Waals surface area (Å²) in [6.07, 6.45) is -9.77. The highest BCUT2D eigenvalue weighted by atomic mass is 19.4. The van der Waals surface area contributed by atoms with E-state index in [4.69, 9.17) is 4.65 Å². The summed E-state index contributed by atoms with van der Waals surface area (Å²) in [4.78, 5) is 0. The minimum absolute atomic E-state index is 0.379. The Morgan fingerprint density at radius 1 is 1.00 bits per heavy atom. The molecular formula is C11H11BF6O. The first-order valence-electron chi connectivity index (χ1n) is 5.40. The van der Waals surface area contributed by atoms with Crippen molar-refractivity contribution in [3.63, 3.8) is 0 Å². The van der Waals surface area contributed by atoms with Gasteiger partial charge in [0.05, 0.1) is 11.1 Å². The van der Waals surface area contributed by atoms with Gasteiger partial charge in [-0.1, -0.05) is 6.07 Å². The Hall–Kier alpha value is -1.18. The van der Waals surface area contributed by atoms with Gasteiger partial charge in [0.2, 0.25) is 0 Å². The van der Waals surface area contributed by atoms with Crippen LogP contribution in [0.25, 0.3) is 0 Å². The third kappa shape index (κ3) is 4.45. The number of hydrogen-bond acceptors (Lipinski definition) is 1. The summed E-state index contributed by atoms with van der Waals surface area (Å²) >= 11 is 0. The molecule has 0 aliphatic rings. The molecule has 0 fully saturated rings. The van der Waals surface area contributed by atoms with Crippen LogP contribution in [0.2, 0.25) is 0 Å². The molecule has 1 rings (SSSR count). The van der Waals surface area contributed by atoms with Gasteiger partial charge in [0, 0.05) is 6.10 Å². The van der Waals surface area contributed by atoms with Crippen LogP contribution in [0.15, 0.2) is 18.2 Å². The molecule has 1 nitrogen and oxygen atoms in total. The molecule has 0 saturated heterocycles. The van der Waals surface area contributed by atoms with E-state index >= 15 is 0 Å². The molecule has 8 heteroatoms. The quantitative estimate of drug-likeness (QED) is 0.612. The van der Waals surface area contributed by atoms with Crippen LogP contribution in [-0.4, -0.2) is 13.6 Å². The second kappa shape index (κ2) is 5.44. The Morgan fingerprint density at radius 3 is 2.00 bits per heavy atom. The first-order valence-corrected chi connectivity index (χ1v) is 5.40. The van der Waals surface area contributed by atoms with Crippen molar-refractivity contribution in [3.8, 4) is 0 Å². The monoisotopic (exact) mass is 284 g/mol. The number of alkyl halides is 6. The molecule has 0 heterocycles. The lowest BCUT2D eigenvalue weighted by Crippen LogP contribution is -2.30. The molecule has 106 valence electrons. The second-order valence-electron chi connectivity index (χ2n) is 4.23. The minimum atomic E-state index is -4.71. The molecule has 0 N–H and O–H groups in total. The predicted octanol–water partition coefficient (Wildman–Crippen LogP) is 3.13. The Labute approximate surface area is 106 Å². The van der Waals surface area contributed by atoms with Crippen LogP contribution in [0.4, 0.5) is 26.3 Å². The fourth-order valence-corrected chi connectivity index (χ4v) is 1.42. The molecule has 0 aliphatic heterocycles. The van der Waals surface area contributed by atoms with Gasteiger partial charge in [-0.05, 0) is 31.4 Å². The molecule has 0 saturated carbocycles. The van der Waals surface area contributed by atoms with E-state index in [2.05, 4.69) is 0 Å². The van der Waals surface area contributed by atoms with E-state index in [1.165, 1.54) is 0 Å². The fraction of sp³-hybridized carbons (Fsp3) is 0.455. The molecule has 1 aromatic carbocycles. The fourth-order valence-electron chi connectivity index (χ4n) is 1.42. The molecule has 0 aliphatic carbocycles. The predicted molar refractivity (Wildman–Crippen MR) is 59.5 cm³/mol. The Kier molecular flexibility index (Phi) is 4.55. The molecule has 19 heavy (non-hydrogen) atoms. The van der Waals surface area contributed by atoms with Gasteiger partial charge in [0.1, 0.15) is 0 Å². The molecule has 0 bridgehead atoms. The summed E-state index contributed by atoms with van der Waals surface area (Å²) < 4.78 is 80.4. The van der Waals surface area contributed by atoms with Crippen LogP contribution < -0.4 is 5.46 Å². The molecule has 0 radical (unpaired) electrons. The Balaban J connectivity index is 3.19. The molecule has 0 spiro atoms. The SMILES string of the molecule is CC(C)OBc1cc(C(F)(F)F)ccc1C(F)(F)F. The summed E-state index contributed by atoms with van der Waals surface area (Å²) in [5, 5.41) is 0. The number of halogens is 6. The van der Waals surface area contributed by atoms with Gasteiger partial charge in [-0.25, -0.2) is 0 Å². The summed E-state index contributed by atoms with van der Waals surface area (Å²) in [5.74, 6) is 0. The summed E-state index contributed by atoms with van der Waals surface area (Å²) in [6.45, 7) is 3.17. The van der Waals surface area contributed by atoms with Crippen molar-refractivity contribution >= 4 is 12.9 Å². The number of hydrogen-bond donors (Lipinski definition) is 0. The standard InChI is InChI=1S/C11H11BF6O/c1-6(2)19-12-9-5-7(10(13,14)15)3-4-8(9)11(16,17)18/h3-6,12H,1-2H3. The van der Waals surface area contributed by atoms with E-state index in [-0.39, 0.29) is 6.10 Å². The largest absolute Gasteiger partial charge is 0.432 e. The van der Waals surface area contributed by atoms with E-state index < -0.39 is 36.4 Å². The van der Waals surface area contributed by atoms with E-state index in [9.17, 15) is 26.3 Å². The maximum absolute atomic E-state index is 12.7. The highest BCUT2D eigenvalue weighted by molar-refractivity contribution is 6.47. The Bertz CT molecular complexity index is 438. The van der Waals surface area contributed by atoms with Gasteiger partial charge in [-0.2, -0.15) is 26.3 Å². The van der Waals surface area contributed by atoms with E-state index in [1.807, 2.05) is 0 Å². The maximum atomic E-state index is 12.7. The zero-order valence-corrected chi connectivity index (χ0v) is 10.2. The third-order valence-electron chi connectivity index (χ3n) is 2.31. The van der Waals surface area contributed by atoms with Crippen LogP contribution in [-0.2, 0) is 17.0 Å². The first kappa shape index (κ1) is 15.9. The summed E-state index contributed by atoms with van der Waals surface area (Å²) in [5.41, 5.74) is -2.75.